The zero-order valence-corrected chi connectivity index (χ0v) is 7.18. The molecule has 0 spiro atoms. The highest BCUT2D eigenvalue weighted by molar-refractivity contribution is 5.79. The van der Waals surface area contributed by atoms with E-state index in [4.69, 9.17) is 0 Å². The summed E-state index contributed by atoms with van der Waals surface area (Å²) in [5.41, 5.74) is 0. The standard InChI is InChI=1S/C10H16O/c1-3-5-7-9-10(11)8-6-4-2/h3,5,7H,1,4,6,8-9H2,2H3. The smallest absolute Gasteiger partial charge is 0.136 e. The van der Waals surface area contributed by atoms with Crippen molar-refractivity contribution >= 4 is 5.78 Å². The lowest BCUT2D eigenvalue weighted by molar-refractivity contribution is -0.118. The molecular formula is C10H16O. The van der Waals surface area contributed by atoms with E-state index in [1.54, 1.807) is 6.08 Å². The van der Waals surface area contributed by atoms with Gasteiger partial charge in [0, 0.05) is 12.8 Å². The summed E-state index contributed by atoms with van der Waals surface area (Å²) in [4.78, 5) is 11.0. The molecule has 0 saturated heterocycles. The maximum absolute atomic E-state index is 11.0. The predicted octanol–water partition coefficient (Wildman–Crippen LogP) is 2.88. The Morgan fingerprint density at radius 2 is 2.27 bits per heavy atom. The number of hydrogen-bond acceptors (Lipinski definition) is 1. The minimum absolute atomic E-state index is 0.324. The topological polar surface area (TPSA) is 17.1 Å². The van der Waals surface area contributed by atoms with Crippen LogP contribution in [0.3, 0.4) is 0 Å². The van der Waals surface area contributed by atoms with E-state index in [1.807, 2.05) is 12.2 Å². The van der Waals surface area contributed by atoms with Crippen LogP contribution in [0.5, 0.6) is 0 Å². The molecule has 0 radical (unpaired) electrons. The van der Waals surface area contributed by atoms with Crippen molar-refractivity contribution < 1.29 is 4.79 Å². The van der Waals surface area contributed by atoms with Crippen molar-refractivity contribution in [2.24, 2.45) is 0 Å². The molecule has 0 fully saturated rings. The van der Waals surface area contributed by atoms with Crippen LogP contribution in [-0.2, 0) is 4.79 Å². The van der Waals surface area contributed by atoms with E-state index >= 15 is 0 Å². The maximum atomic E-state index is 11.0. The van der Waals surface area contributed by atoms with Gasteiger partial charge in [-0.1, -0.05) is 38.2 Å². The quantitative estimate of drug-likeness (QED) is 0.535. The molecule has 0 rings (SSSR count). The van der Waals surface area contributed by atoms with Gasteiger partial charge in [-0.15, -0.1) is 0 Å². The Labute approximate surface area is 68.8 Å². The molecule has 0 amide bonds. The van der Waals surface area contributed by atoms with Crippen molar-refractivity contribution in [3.05, 3.63) is 24.8 Å². The lowest BCUT2D eigenvalue weighted by Crippen LogP contribution is -1.94. The molecule has 0 unspecified atom stereocenters. The Morgan fingerprint density at radius 1 is 1.55 bits per heavy atom. The first kappa shape index (κ1) is 10.2. The van der Waals surface area contributed by atoms with Gasteiger partial charge in [-0.2, -0.15) is 0 Å². The first-order valence-electron chi connectivity index (χ1n) is 4.10. The monoisotopic (exact) mass is 152 g/mol. The fraction of sp³-hybridized carbons (Fsp3) is 0.500. The first-order chi connectivity index (χ1) is 5.31. The molecule has 62 valence electrons. The van der Waals surface area contributed by atoms with Crippen LogP contribution < -0.4 is 0 Å². The second kappa shape index (κ2) is 7.26. The highest BCUT2D eigenvalue weighted by atomic mass is 16.1. The third-order valence-corrected chi connectivity index (χ3v) is 1.43. The fourth-order valence-electron chi connectivity index (χ4n) is 0.772. The van der Waals surface area contributed by atoms with E-state index in [0.717, 1.165) is 19.3 Å². The minimum Gasteiger partial charge on any atom is -0.299 e. The molecule has 0 heterocycles. The van der Waals surface area contributed by atoms with E-state index < -0.39 is 0 Å². The normalized spacial score (nSPS) is 10.3. The third-order valence-electron chi connectivity index (χ3n) is 1.43. The second-order valence-electron chi connectivity index (χ2n) is 2.51. The van der Waals surface area contributed by atoms with Gasteiger partial charge in [0.2, 0.25) is 0 Å². The molecule has 11 heavy (non-hydrogen) atoms. The molecule has 0 aliphatic heterocycles. The zero-order valence-electron chi connectivity index (χ0n) is 7.18. The van der Waals surface area contributed by atoms with Gasteiger partial charge in [-0.25, -0.2) is 0 Å². The highest BCUT2D eigenvalue weighted by Crippen LogP contribution is 1.98. The Kier molecular flexibility index (Phi) is 6.70. The van der Waals surface area contributed by atoms with Gasteiger partial charge >= 0.3 is 0 Å². The highest BCUT2D eigenvalue weighted by Gasteiger charge is 1.95. The molecule has 0 atom stereocenters. The molecular weight excluding hydrogens is 136 g/mol. The lowest BCUT2D eigenvalue weighted by Gasteiger charge is -1.92. The van der Waals surface area contributed by atoms with Crippen molar-refractivity contribution in [1.82, 2.24) is 0 Å². The van der Waals surface area contributed by atoms with Crippen LogP contribution in [0, 0.1) is 0 Å². The molecule has 0 bridgehead atoms. The van der Waals surface area contributed by atoms with Gasteiger partial charge < -0.3 is 0 Å². The number of carbonyl (C=O) groups excluding carboxylic acids is 1. The molecule has 0 saturated carbocycles. The summed E-state index contributed by atoms with van der Waals surface area (Å²) in [6.07, 6.45) is 8.74. The van der Waals surface area contributed by atoms with E-state index in [1.165, 1.54) is 0 Å². The molecule has 0 N–H and O–H groups in total. The molecule has 0 aromatic carbocycles. The minimum atomic E-state index is 0.324. The van der Waals surface area contributed by atoms with Crippen molar-refractivity contribution in [1.29, 1.82) is 0 Å². The van der Waals surface area contributed by atoms with Crippen LogP contribution in [0.1, 0.15) is 32.6 Å². The summed E-state index contributed by atoms with van der Waals surface area (Å²) in [5, 5.41) is 0. The summed E-state index contributed by atoms with van der Waals surface area (Å²) in [5.74, 6) is 0.324. The Hall–Kier alpha value is -0.850. The maximum Gasteiger partial charge on any atom is 0.136 e. The largest absolute Gasteiger partial charge is 0.299 e. The number of allylic oxidation sites excluding steroid dienone is 3. The van der Waals surface area contributed by atoms with Gasteiger partial charge in [0.1, 0.15) is 5.78 Å². The van der Waals surface area contributed by atoms with Crippen molar-refractivity contribution in [3.8, 4) is 0 Å². The van der Waals surface area contributed by atoms with Crippen LogP contribution in [0.2, 0.25) is 0 Å². The van der Waals surface area contributed by atoms with Crippen LogP contribution in [-0.4, -0.2) is 5.78 Å². The lowest BCUT2D eigenvalue weighted by atomic mass is 10.1. The van der Waals surface area contributed by atoms with Gasteiger partial charge in [0.15, 0.2) is 0 Å². The van der Waals surface area contributed by atoms with Gasteiger partial charge in [0.05, 0.1) is 0 Å². The number of hydrogen-bond donors (Lipinski definition) is 0. The molecule has 0 aromatic rings. The molecule has 1 nitrogen and oxygen atoms in total. The summed E-state index contributed by atoms with van der Waals surface area (Å²) in [6.45, 7) is 5.61. The van der Waals surface area contributed by atoms with Crippen LogP contribution in [0.15, 0.2) is 24.8 Å². The Morgan fingerprint density at radius 3 is 2.82 bits per heavy atom. The van der Waals surface area contributed by atoms with Gasteiger partial charge in [0.25, 0.3) is 0 Å². The fourth-order valence-corrected chi connectivity index (χ4v) is 0.772. The average Bonchev–Trinajstić information content (AvgIpc) is 2.01. The third kappa shape index (κ3) is 7.04. The second-order valence-corrected chi connectivity index (χ2v) is 2.51. The van der Waals surface area contributed by atoms with Crippen molar-refractivity contribution in [3.63, 3.8) is 0 Å². The number of rotatable bonds is 6. The Bertz CT molecular complexity index is 145. The van der Waals surface area contributed by atoms with Gasteiger partial charge in [-0.05, 0) is 6.42 Å². The predicted molar refractivity (Wildman–Crippen MR) is 48.5 cm³/mol. The SMILES string of the molecule is C=CC=CCC(=O)CCCC. The summed E-state index contributed by atoms with van der Waals surface area (Å²) in [7, 11) is 0. The van der Waals surface area contributed by atoms with Crippen molar-refractivity contribution in [2.75, 3.05) is 0 Å². The van der Waals surface area contributed by atoms with Crippen LogP contribution >= 0.6 is 0 Å². The van der Waals surface area contributed by atoms with E-state index in [0.29, 0.717) is 12.2 Å². The summed E-state index contributed by atoms with van der Waals surface area (Å²) >= 11 is 0. The Balaban J connectivity index is 3.36. The zero-order chi connectivity index (χ0) is 8.53. The number of carbonyl (C=O) groups is 1. The number of unbranched alkanes of at least 4 members (excludes halogenated alkanes) is 1. The van der Waals surface area contributed by atoms with Crippen molar-refractivity contribution in [2.45, 2.75) is 32.6 Å². The molecule has 1 heteroatoms. The van der Waals surface area contributed by atoms with E-state index in [9.17, 15) is 4.79 Å². The number of Topliss-reactive ketones (excluding diaryl/α,β-unsaturated/α-hetero) is 1. The molecule has 0 aromatic heterocycles. The van der Waals surface area contributed by atoms with Crippen LogP contribution in [0.4, 0.5) is 0 Å². The number of ketones is 1. The molecule has 0 aliphatic rings. The summed E-state index contributed by atoms with van der Waals surface area (Å²) in [6, 6.07) is 0. The van der Waals surface area contributed by atoms with E-state index in [2.05, 4.69) is 13.5 Å². The van der Waals surface area contributed by atoms with Gasteiger partial charge in [-0.3, -0.25) is 4.79 Å². The average molecular weight is 152 g/mol. The molecule has 0 aliphatic carbocycles. The van der Waals surface area contributed by atoms with E-state index in [-0.39, 0.29) is 0 Å². The van der Waals surface area contributed by atoms with Crippen LogP contribution in [0.25, 0.3) is 0 Å². The first-order valence-corrected chi connectivity index (χ1v) is 4.10. The summed E-state index contributed by atoms with van der Waals surface area (Å²) < 4.78 is 0.